The summed E-state index contributed by atoms with van der Waals surface area (Å²) in [5.74, 6) is -0.512. The van der Waals surface area contributed by atoms with Crippen molar-refractivity contribution >= 4 is 15.9 Å². The molecular formula is C5H4BrFN2. The van der Waals surface area contributed by atoms with Gasteiger partial charge in [0.2, 0.25) is 5.95 Å². The summed E-state index contributed by atoms with van der Waals surface area (Å²) < 4.78 is 12.7. The Labute approximate surface area is 60.3 Å². The molecule has 0 spiro atoms. The molecule has 2 nitrogen and oxygen atoms in total. The maximum atomic E-state index is 12.4. The van der Waals surface area contributed by atoms with Crippen LogP contribution in [-0.2, 0) is 0 Å². The minimum atomic E-state index is -0.512. The van der Waals surface area contributed by atoms with Gasteiger partial charge >= 0.3 is 0 Å². The molecule has 0 fully saturated rings. The highest BCUT2D eigenvalue weighted by Crippen LogP contribution is 2.14. The molecule has 0 radical (unpaired) electrons. The van der Waals surface area contributed by atoms with Crippen molar-refractivity contribution in [3.8, 4) is 0 Å². The molecule has 0 atom stereocenters. The van der Waals surface area contributed by atoms with Crippen molar-refractivity contribution in [2.45, 2.75) is 6.92 Å². The maximum absolute atomic E-state index is 12.4. The van der Waals surface area contributed by atoms with E-state index >= 15 is 0 Å². The van der Waals surface area contributed by atoms with Crippen molar-refractivity contribution in [1.29, 1.82) is 0 Å². The van der Waals surface area contributed by atoms with Gasteiger partial charge in [0.05, 0.1) is 10.2 Å². The normalized spacial score (nSPS) is 9.67. The van der Waals surface area contributed by atoms with Crippen LogP contribution >= 0.6 is 15.9 Å². The Morgan fingerprint density at radius 1 is 1.56 bits per heavy atom. The number of hydrogen-bond acceptors (Lipinski definition) is 2. The van der Waals surface area contributed by atoms with E-state index in [4.69, 9.17) is 0 Å². The smallest absolute Gasteiger partial charge is 0.230 e. The largest absolute Gasteiger partial charge is 0.240 e. The molecule has 0 bridgehead atoms. The molecule has 0 saturated carbocycles. The van der Waals surface area contributed by atoms with Gasteiger partial charge in [-0.05, 0) is 22.9 Å². The standard InChI is InChI=1S/C5H4BrFN2/c1-3-4(6)5(7)9-2-8-3/h2H,1H3. The van der Waals surface area contributed by atoms with Gasteiger partial charge in [-0.25, -0.2) is 9.97 Å². The zero-order valence-electron chi connectivity index (χ0n) is 4.73. The Morgan fingerprint density at radius 2 is 2.22 bits per heavy atom. The molecule has 48 valence electrons. The summed E-state index contributed by atoms with van der Waals surface area (Å²) in [4.78, 5) is 7.06. The topological polar surface area (TPSA) is 25.8 Å². The van der Waals surface area contributed by atoms with Gasteiger partial charge in [0.15, 0.2) is 0 Å². The van der Waals surface area contributed by atoms with E-state index in [1.807, 2.05) is 0 Å². The highest BCUT2D eigenvalue weighted by molar-refractivity contribution is 9.10. The molecule has 0 aromatic carbocycles. The van der Waals surface area contributed by atoms with E-state index in [0.29, 0.717) is 10.2 Å². The Morgan fingerprint density at radius 3 is 2.67 bits per heavy atom. The van der Waals surface area contributed by atoms with Gasteiger partial charge in [0.1, 0.15) is 6.33 Å². The number of rotatable bonds is 0. The first-order chi connectivity index (χ1) is 4.22. The van der Waals surface area contributed by atoms with Crippen molar-refractivity contribution in [2.75, 3.05) is 0 Å². The fourth-order valence-electron chi connectivity index (χ4n) is 0.429. The number of nitrogens with zero attached hydrogens (tertiary/aromatic N) is 2. The van der Waals surface area contributed by atoms with Crippen LogP contribution in [0.5, 0.6) is 0 Å². The zero-order chi connectivity index (χ0) is 6.85. The molecule has 1 aromatic heterocycles. The molecule has 9 heavy (non-hydrogen) atoms. The van der Waals surface area contributed by atoms with E-state index in [2.05, 4.69) is 25.9 Å². The molecule has 1 aromatic rings. The van der Waals surface area contributed by atoms with E-state index in [-0.39, 0.29) is 0 Å². The Hall–Kier alpha value is -0.510. The highest BCUT2D eigenvalue weighted by atomic mass is 79.9. The first kappa shape index (κ1) is 6.61. The summed E-state index contributed by atoms with van der Waals surface area (Å²) >= 11 is 2.98. The van der Waals surface area contributed by atoms with Gasteiger partial charge in [-0.2, -0.15) is 4.39 Å². The van der Waals surface area contributed by atoms with Gasteiger partial charge in [0.25, 0.3) is 0 Å². The van der Waals surface area contributed by atoms with Gasteiger partial charge in [-0.3, -0.25) is 0 Å². The summed E-state index contributed by atoms with van der Waals surface area (Å²) in [6.45, 7) is 1.70. The lowest BCUT2D eigenvalue weighted by atomic mass is 10.5. The lowest BCUT2D eigenvalue weighted by Gasteiger charge is -1.93. The van der Waals surface area contributed by atoms with E-state index < -0.39 is 5.95 Å². The van der Waals surface area contributed by atoms with Crippen LogP contribution in [-0.4, -0.2) is 9.97 Å². The van der Waals surface area contributed by atoms with Crippen molar-refractivity contribution in [3.05, 3.63) is 22.4 Å². The van der Waals surface area contributed by atoms with Gasteiger partial charge in [-0.1, -0.05) is 0 Å². The second-order valence-corrected chi connectivity index (χ2v) is 2.36. The second kappa shape index (κ2) is 2.39. The van der Waals surface area contributed by atoms with Crippen LogP contribution in [0.4, 0.5) is 4.39 Å². The summed E-state index contributed by atoms with van der Waals surface area (Å²) in [6, 6.07) is 0. The van der Waals surface area contributed by atoms with Crippen molar-refractivity contribution in [1.82, 2.24) is 9.97 Å². The Kier molecular flexibility index (Phi) is 1.75. The first-order valence-corrected chi connectivity index (χ1v) is 3.13. The van der Waals surface area contributed by atoms with Crippen LogP contribution < -0.4 is 0 Å². The molecular weight excluding hydrogens is 187 g/mol. The van der Waals surface area contributed by atoms with E-state index in [1.165, 1.54) is 6.33 Å². The van der Waals surface area contributed by atoms with E-state index in [9.17, 15) is 4.39 Å². The van der Waals surface area contributed by atoms with E-state index in [1.54, 1.807) is 6.92 Å². The van der Waals surface area contributed by atoms with Gasteiger partial charge < -0.3 is 0 Å². The Bertz CT molecular complexity index is 206. The summed E-state index contributed by atoms with van der Waals surface area (Å²) in [6.07, 6.45) is 1.19. The van der Waals surface area contributed by atoms with Crippen LogP contribution in [0, 0.1) is 12.9 Å². The monoisotopic (exact) mass is 190 g/mol. The molecule has 0 aliphatic heterocycles. The number of halogens is 2. The highest BCUT2D eigenvalue weighted by Gasteiger charge is 2.01. The summed E-state index contributed by atoms with van der Waals surface area (Å²) in [5.41, 5.74) is 0.613. The first-order valence-electron chi connectivity index (χ1n) is 2.34. The molecule has 0 unspecified atom stereocenters. The molecule has 0 saturated heterocycles. The predicted octanol–water partition coefficient (Wildman–Crippen LogP) is 1.69. The molecule has 0 amide bonds. The number of hydrogen-bond donors (Lipinski definition) is 0. The molecule has 1 rings (SSSR count). The molecule has 0 N–H and O–H groups in total. The van der Waals surface area contributed by atoms with Crippen LogP contribution in [0.1, 0.15) is 5.69 Å². The number of aromatic nitrogens is 2. The van der Waals surface area contributed by atoms with Crippen LogP contribution in [0.15, 0.2) is 10.8 Å². The fourth-order valence-corrected chi connectivity index (χ4v) is 0.634. The lowest BCUT2D eigenvalue weighted by molar-refractivity contribution is 0.569. The van der Waals surface area contributed by atoms with Crippen molar-refractivity contribution in [3.63, 3.8) is 0 Å². The average Bonchev–Trinajstić information content (AvgIpc) is 1.83. The SMILES string of the molecule is Cc1ncnc(F)c1Br. The molecule has 0 aliphatic rings. The molecule has 0 aliphatic carbocycles. The maximum Gasteiger partial charge on any atom is 0.230 e. The third-order valence-electron chi connectivity index (χ3n) is 0.921. The minimum Gasteiger partial charge on any atom is -0.240 e. The summed E-state index contributed by atoms with van der Waals surface area (Å²) in [5, 5.41) is 0. The lowest BCUT2D eigenvalue weighted by Crippen LogP contribution is -1.89. The fraction of sp³-hybridized carbons (Fsp3) is 0.200. The van der Waals surface area contributed by atoms with Crippen molar-refractivity contribution in [2.24, 2.45) is 0 Å². The van der Waals surface area contributed by atoms with E-state index in [0.717, 1.165) is 0 Å². The third kappa shape index (κ3) is 1.24. The van der Waals surface area contributed by atoms with Crippen LogP contribution in [0.25, 0.3) is 0 Å². The van der Waals surface area contributed by atoms with Crippen LogP contribution in [0.2, 0.25) is 0 Å². The molecule has 4 heteroatoms. The Balaban J connectivity index is 3.25. The predicted molar refractivity (Wildman–Crippen MR) is 34.4 cm³/mol. The minimum absolute atomic E-state index is 0.338. The number of aryl methyl sites for hydroxylation is 1. The second-order valence-electron chi connectivity index (χ2n) is 1.56. The van der Waals surface area contributed by atoms with Crippen LogP contribution in [0.3, 0.4) is 0 Å². The molecule has 1 heterocycles. The third-order valence-corrected chi connectivity index (χ3v) is 1.82. The quantitative estimate of drug-likeness (QED) is 0.583. The van der Waals surface area contributed by atoms with Crippen molar-refractivity contribution < 1.29 is 4.39 Å². The zero-order valence-corrected chi connectivity index (χ0v) is 6.31. The van der Waals surface area contributed by atoms with Gasteiger partial charge in [0, 0.05) is 0 Å². The van der Waals surface area contributed by atoms with Gasteiger partial charge in [-0.15, -0.1) is 0 Å². The summed E-state index contributed by atoms with van der Waals surface area (Å²) in [7, 11) is 0. The average molecular weight is 191 g/mol.